The van der Waals surface area contributed by atoms with Crippen LogP contribution in [-0.2, 0) is 21.5 Å². The van der Waals surface area contributed by atoms with Gasteiger partial charge in [-0.25, -0.2) is 4.79 Å². The van der Waals surface area contributed by atoms with Crippen LogP contribution in [0.5, 0.6) is 0 Å². The number of hydrogen-bond donors (Lipinski definition) is 3. The van der Waals surface area contributed by atoms with E-state index < -0.39 is 5.54 Å². The summed E-state index contributed by atoms with van der Waals surface area (Å²) < 4.78 is 0. The first-order chi connectivity index (χ1) is 19.1. The number of rotatable bonds is 2. The molecule has 4 aliphatic rings. The number of fused-ring (bicyclic) bond motifs is 7. The summed E-state index contributed by atoms with van der Waals surface area (Å²) in [5.74, 6) is -0.0297. The highest BCUT2D eigenvalue weighted by Crippen LogP contribution is 2.56. The SMILES string of the molecule is CC(C)(C)CN1Cc2c(ccc3[nH]ncc23)[C@H]2CC2(NC(=O)N2CCC3(CC2)CC(=O)Nc2ccccc23)C1=O. The summed E-state index contributed by atoms with van der Waals surface area (Å²) in [5, 5.41) is 14.6. The van der Waals surface area contributed by atoms with E-state index in [0.29, 0.717) is 51.9 Å². The van der Waals surface area contributed by atoms with Gasteiger partial charge in [0, 0.05) is 55.0 Å². The number of H-pyrrole nitrogens is 1. The maximum absolute atomic E-state index is 14.2. The molecule has 3 aromatic rings. The van der Waals surface area contributed by atoms with Crippen molar-refractivity contribution in [2.75, 3.05) is 25.0 Å². The topological polar surface area (TPSA) is 110 Å². The van der Waals surface area contributed by atoms with Gasteiger partial charge in [0.2, 0.25) is 11.8 Å². The molecule has 1 saturated carbocycles. The zero-order chi connectivity index (χ0) is 27.9. The molecule has 1 saturated heterocycles. The van der Waals surface area contributed by atoms with Gasteiger partial charge in [-0.15, -0.1) is 0 Å². The van der Waals surface area contributed by atoms with Gasteiger partial charge in [0.1, 0.15) is 5.54 Å². The van der Waals surface area contributed by atoms with Crippen LogP contribution in [-0.4, -0.2) is 63.0 Å². The zero-order valence-electron chi connectivity index (χ0n) is 23.3. The van der Waals surface area contributed by atoms with Crippen molar-refractivity contribution in [1.82, 2.24) is 25.3 Å². The monoisotopic (exact) mass is 540 g/mol. The average Bonchev–Trinajstić information content (AvgIpc) is 3.43. The van der Waals surface area contributed by atoms with Crippen LogP contribution in [0.1, 0.15) is 69.1 Å². The molecular weight excluding hydrogens is 504 g/mol. The fourth-order valence-corrected chi connectivity index (χ4v) is 7.41. The zero-order valence-corrected chi connectivity index (χ0v) is 23.3. The van der Waals surface area contributed by atoms with E-state index in [1.807, 2.05) is 40.3 Å². The third kappa shape index (κ3) is 3.89. The minimum Gasteiger partial charge on any atom is -0.336 e. The number of carbonyl (C=O) groups is 3. The first kappa shape index (κ1) is 25.1. The lowest BCUT2D eigenvalue weighted by Crippen LogP contribution is -2.57. The molecule has 208 valence electrons. The molecule has 1 aromatic heterocycles. The van der Waals surface area contributed by atoms with E-state index in [1.54, 1.807) is 0 Å². The number of urea groups is 1. The lowest BCUT2D eigenvalue weighted by molar-refractivity contribution is -0.136. The summed E-state index contributed by atoms with van der Waals surface area (Å²) in [6.07, 6.45) is 4.30. The predicted molar refractivity (Wildman–Crippen MR) is 152 cm³/mol. The van der Waals surface area contributed by atoms with Gasteiger partial charge in [-0.3, -0.25) is 14.7 Å². The molecule has 7 rings (SSSR count). The number of likely N-dealkylation sites (tertiary alicyclic amines) is 1. The fourth-order valence-electron chi connectivity index (χ4n) is 7.41. The summed E-state index contributed by atoms with van der Waals surface area (Å²) in [6.45, 7) is 8.58. The summed E-state index contributed by atoms with van der Waals surface area (Å²) in [6, 6.07) is 11.9. The van der Waals surface area contributed by atoms with Gasteiger partial charge in [0.05, 0.1) is 11.7 Å². The van der Waals surface area contributed by atoms with E-state index >= 15 is 0 Å². The Hall–Kier alpha value is -3.88. The molecule has 0 radical (unpaired) electrons. The molecule has 2 atom stereocenters. The fraction of sp³-hybridized carbons (Fsp3) is 0.484. The van der Waals surface area contributed by atoms with E-state index in [1.165, 1.54) is 0 Å². The summed E-state index contributed by atoms with van der Waals surface area (Å²) in [7, 11) is 0. The molecule has 40 heavy (non-hydrogen) atoms. The number of nitrogens with one attached hydrogen (secondary N) is 3. The van der Waals surface area contributed by atoms with E-state index in [9.17, 15) is 14.4 Å². The van der Waals surface area contributed by atoms with Crippen molar-refractivity contribution in [3.05, 3.63) is 59.3 Å². The molecule has 9 heteroatoms. The van der Waals surface area contributed by atoms with Crippen LogP contribution in [0.3, 0.4) is 0 Å². The van der Waals surface area contributed by atoms with Gasteiger partial charge in [-0.2, -0.15) is 5.10 Å². The Morgan fingerprint density at radius 2 is 1.90 bits per heavy atom. The van der Waals surface area contributed by atoms with Crippen molar-refractivity contribution < 1.29 is 14.4 Å². The third-order valence-electron chi connectivity index (χ3n) is 9.40. The number of piperidine rings is 1. The van der Waals surface area contributed by atoms with Gasteiger partial charge in [-0.05, 0) is 53.5 Å². The Kier molecular flexibility index (Phi) is 5.37. The number of para-hydroxylation sites is 1. The van der Waals surface area contributed by atoms with Crippen molar-refractivity contribution in [2.24, 2.45) is 5.41 Å². The number of anilines is 1. The second-order valence-corrected chi connectivity index (χ2v) is 13.4. The second-order valence-electron chi connectivity index (χ2n) is 13.4. The number of nitrogens with zero attached hydrogens (tertiary/aromatic N) is 3. The van der Waals surface area contributed by atoms with Crippen LogP contribution in [0, 0.1) is 5.41 Å². The van der Waals surface area contributed by atoms with Crippen molar-refractivity contribution in [3.8, 4) is 0 Å². The number of hydrogen-bond acceptors (Lipinski definition) is 4. The van der Waals surface area contributed by atoms with Gasteiger partial charge in [0.25, 0.3) is 0 Å². The normalized spacial score (nSPS) is 25.1. The Morgan fingerprint density at radius 1 is 1.12 bits per heavy atom. The Morgan fingerprint density at radius 3 is 2.67 bits per heavy atom. The molecule has 1 spiro atoms. The van der Waals surface area contributed by atoms with Gasteiger partial charge < -0.3 is 20.4 Å². The number of carbonyl (C=O) groups excluding carboxylic acids is 3. The van der Waals surface area contributed by atoms with Crippen LogP contribution < -0.4 is 10.6 Å². The highest BCUT2D eigenvalue weighted by atomic mass is 16.2. The van der Waals surface area contributed by atoms with E-state index in [-0.39, 0.29) is 34.6 Å². The first-order valence-electron chi connectivity index (χ1n) is 14.3. The molecule has 3 N–H and O–H groups in total. The molecule has 0 bridgehead atoms. The van der Waals surface area contributed by atoms with Crippen LogP contribution in [0.15, 0.2) is 42.6 Å². The van der Waals surface area contributed by atoms with E-state index in [0.717, 1.165) is 33.3 Å². The highest BCUT2D eigenvalue weighted by Gasteiger charge is 2.65. The van der Waals surface area contributed by atoms with Crippen LogP contribution >= 0.6 is 0 Å². The van der Waals surface area contributed by atoms with Crippen molar-refractivity contribution in [2.45, 2.75) is 69.9 Å². The summed E-state index contributed by atoms with van der Waals surface area (Å²) in [4.78, 5) is 44.2. The summed E-state index contributed by atoms with van der Waals surface area (Å²) in [5.41, 5.74) is 3.96. The predicted octanol–water partition coefficient (Wildman–Crippen LogP) is 4.26. The molecule has 4 amide bonds. The number of aromatic amines is 1. The summed E-state index contributed by atoms with van der Waals surface area (Å²) >= 11 is 0. The Balaban J connectivity index is 1.15. The van der Waals surface area contributed by atoms with Crippen LogP contribution in [0.2, 0.25) is 0 Å². The smallest absolute Gasteiger partial charge is 0.318 e. The molecule has 2 aromatic carbocycles. The largest absolute Gasteiger partial charge is 0.336 e. The number of aromatic nitrogens is 2. The third-order valence-corrected chi connectivity index (χ3v) is 9.40. The first-order valence-corrected chi connectivity index (χ1v) is 14.3. The minimum atomic E-state index is -0.933. The molecule has 2 fully saturated rings. The van der Waals surface area contributed by atoms with Crippen LogP contribution in [0.4, 0.5) is 10.5 Å². The lowest BCUT2D eigenvalue weighted by atomic mass is 9.68. The molecule has 1 unspecified atom stereocenters. The van der Waals surface area contributed by atoms with E-state index in [2.05, 4.69) is 53.7 Å². The van der Waals surface area contributed by atoms with Crippen molar-refractivity contribution in [1.29, 1.82) is 0 Å². The quantitative estimate of drug-likeness (QED) is 0.451. The standard InChI is InChI=1S/C31H36N6O3/c1-29(2,3)18-37-17-21-19(8-9-24-20(21)16-32-35-24)23-14-31(23,27(37)39)34-28(40)36-12-10-30(11-13-36)15-26(38)33-25-7-5-4-6-22(25)30/h4-9,16,23H,10-15,17-18H2,1-3H3,(H,32,35)(H,33,38)(H,34,40)/t23-,31?/m1/s1. The van der Waals surface area contributed by atoms with Gasteiger partial charge in [-0.1, -0.05) is 45.0 Å². The minimum absolute atomic E-state index is 0.0000198. The van der Waals surface area contributed by atoms with E-state index in [4.69, 9.17) is 0 Å². The van der Waals surface area contributed by atoms with Crippen molar-refractivity contribution >= 4 is 34.4 Å². The Labute approximate surface area is 233 Å². The molecule has 9 nitrogen and oxygen atoms in total. The molecular formula is C31H36N6O3. The van der Waals surface area contributed by atoms with Gasteiger partial charge >= 0.3 is 6.03 Å². The van der Waals surface area contributed by atoms with Crippen LogP contribution in [0.25, 0.3) is 10.9 Å². The Bertz CT molecular complexity index is 1550. The average molecular weight is 541 g/mol. The maximum Gasteiger partial charge on any atom is 0.318 e. The number of benzene rings is 2. The number of amides is 4. The second kappa shape index (κ2) is 8.56. The molecule has 4 heterocycles. The van der Waals surface area contributed by atoms with Gasteiger partial charge in [0.15, 0.2) is 0 Å². The molecule has 3 aliphatic heterocycles. The highest BCUT2D eigenvalue weighted by molar-refractivity contribution is 5.98. The van der Waals surface area contributed by atoms with Crippen molar-refractivity contribution in [3.63, 3.8) is 0 Å². The lowest BCUT2D eigenvalue weighted by Gasteiger charge is -2.45. The maximum atomic E-state index is 14.2. The molecule has 1 aliphatic carbocycles.